The van der Waals surface area contributed by atoms with Gasteiger partial charge in [-0.1, -0.05) is 44.2 Å². The predicted octanol–water partition coefficient (Wildman–Crippen LogP) is 3.47. The van der Waals surface area contributed by atoms with Crippen molar-refractivity contribution in [3.63, 3.8) is 0 Å². The maximum absolute atomic E-state index is 11.8. The number of amides is 1. The first-order valence-electron chi connectivity index (χ1n) is 6.74. The van der Waals surface area contributed by atoms with Crippen LogP contribution in [0.5, 0.6) is 0 Å². The molecule has 0 fully saturated rings. The van der Waals surface area contributed by atoms with Crippen molar-refractivity contribution in [1.82, 2.24) is 5.06 Å². The average molecular weight is 359 g/mol. The molecule has 0 aliphatic heterocycles. The van der Waals surface area contributed by atoms with E-state index in [2.05, 4.69) is 6.07 Å². The second-order valence-corrected chi connectivity index (χ2v) is 4.02. The van der Waals surface area contributed by atoms with Gasteiger partial charge in [0.05, 0.1) is 13.0 Å². The van der Waals surface area contributed by atoms with Gasteiger partial charge in [0, 0.05) is 32.7 Å². The second-order valence-electron chi connectivity index (χ2n) is 4.02. The fraction of sp³-hybridized carbons (Fsp3) is 0.235. The van der Waals surface area contributed by atoms with Gasteiger partial charge < -0.3 is 0 Å². The molecule has 0 bridgehead atoms. The van der Waals surface area contributed by atoms with Crippen LogP contribution in [0.2, 0.25) is 0 Å². The van der Waals surface area contributed by atoms with Crippen LogP contribution in [0.3, 0.4) is 0 Å². The first-order valence-corrected chi connectivity index (χ1v) is 6.74. The molecular weight excluding hydrogens is 339 g/mol. The fourth-order valence-corrected chi connectivity index (χ4v) is 1.65. The number of carbonyl (C=O) groups excluding carboxylic acids is 1. The zero-order chi connectivity index (χ0) is 14.8. The summed E-state index contributed by atoms with van der Waals surface area (Å²) < 4.78 is 0. The van der Waals surface area contributed by atoms with E-state index in [1.54, 1.807) is 12.1 Å². The van der Waals surface area contributed by atoms with E-state index >= 15 is 0 Å². The zero-order valence-corrected chi connectivity index (χ0v) is 15.3. The Bertz CT molecular complexity index is 503. The van der Waals surface area contributed by atoms with Crippen molar-refractivity contribution < 1.29 is 42.7 Å². The Morgan fingerprint density at radius 2 is 1.62 bits per heavy atom. The molecule has 2 rings (SSSR count). The second kappa shape index (κ2) is 11.6. The van der Waals surface area contributed by atoms with Gasteiger partial charge in [-0.25, -0.2) is 5.06 Å². The summed E-state index contributed by atoms with van der Waals surface area (Å²) in [5.74, 6) is -0.311. The fourth-order valence-electron chi connectivity index (χ4n) is 1.65. The maximum Gasteiger partial charge on any atom is 0.250 e. The molecule has 21 heavy (non-hydrogen) atoms. The molecule has 2 aromatic carbocycles. The summed E-state index contributed by atoms with van der Waals surface area (Å²) in [5.41, 5.74) is 1.76. The summed E-state index contributed by atoms with van der Waals surface area (Å²) in [7, 11) is 0. The van der Waals surface area contributed by atoms with Crippen LogP contribution in [-0.2, 0) is 50.5 Å². The molecule has 4 heteroatoms. The summed E-state index contributed by atoms with van der Waals surface area (Å²) >= 11 is 0. The number of benzene rings is 2. The molecule has 0 aliphatic rings. The molecule has 109 valence electrons. The van der Waals surface area contributed by atoms with Gasteiger partial charge in [-0.15, -0.1) is 5.56 Å². The van der Waals surface area contributed by atoms with E-state index in [4.69, 9.17) is 0 Å². The smallest absolute Gasteiger partial charge is 0.250 e. The molecule has 0 saturated heterocycles. The number of nitrogens with zero attached hydrogens (tertiary/aromatic N) is 1. The van der Waals surface area contributed by atoms with Crippen molar-refractivity contribution in [3.05, 3.63) is 71.8 Å². The number of hydrogen-bond acceptors (Lipinski definition) is 2. The summed E-state index contributed by atoms with van der Waals surface area (Å²) in [6.45, 7) is 4.19. The SMILES string of the molecule is CC.O=C(Cc1ccccc1)N(O)Cc1cc[c-]cc1.[Y]. The van der Waals surface area contributed by atoms with Gasteiger partial charge >= 0.3 is 0 Å². The first-order chi connectivity index (χ1) is 9.75. The van der Waals surface area contributed by atoms with Crippen LogP contribution in [-0.4, -0.2) is 16.2 Å². The monoisotopic (exact) mass is 359 g/mol. The van der Waals surface area contributed by atoms with Crippen LogP contribution in [0.25, 0.3) is 0 Å². The molecular formula is C17H20NO2Y-. The van der Waals surface area contributed by atoms with E-state index in [1.807, 2.05) is 56.3 Å². The van der Waals surface area contributed by atoms with Gasteiger partial charge in [0.15, 0.2) is 0 Å². The molecule has 0 unspecified atom stereocenters. The van der Waals surface area contributed by atoms with Crippen LogP contribution in [0.1, 0.15) is 25.0 Å². The van der Waals surface area contributed by atoms with Gasteiger partial charge in [-0.05, 0) is 5.56 Å². The van der Waals surface area contributed by atoms with E-state index in [1.165, 1.54) is 0 Å². The Balaban J connectivity index is 0.00000128. The largest absolute Gasteiger partial charge is 0.286 e. The molecule has 1 radical (unpaired) electrons. The van der Waals surface area contributed by atoms with Crippen molar-refractivity contribution in [3.8, 4) is 0 Å². The minimum Gasteiger partial charge on any atom is -0.286 e. The molecule has 1 amide bonds. The number of hydroxylamine groups is 2. The minimum atomic E-state index is -0.311. The van der Waals surface area contributed by atoms with E-state index in [9.17, 15) is 10.0 Å². The predicted molar refractivity (Wildman–Crippen MR) is 79.1 cm³/mol. The Hall–Kier alpha value is -1.03. The summed E-state index contributed by atoms with van der Waals surface area (Å²) in [6, 6.07) is 19.4. The van der Waals surface area contributed by atoms with Gasteiger partial charge in [0.25, 0.3) is 5.91 Å². The van der Waals surface area contributed by atoms with Gasteiger partial charge in [0.1, 0.15) is 0 Å². The minimum absolute atomic E-state index is 0. The third kappa shape index (κ3) is 7.51. The molecule has 0 heterocycles. The Kier molecular flexibility index (Phi) is 11.0. The summed E-state index contributed by atoms with van der Waals surface area (Å²) in [5, 5.41) is 10.5. The third-order valence-corrected chi connectivity index (χ3v) is 2.61. The van der Waals surface area contributed by atoms with E-state index in [0.29, 0.717) is 0 Å². The normalized spacial score (nSPS) is 8.90. The number of hydrogen-bond donors (Lipinski definition) is 1. The van der Waals surface area contributed by atoms with Crippen LogP contribution < -0.4 is 0 Å². The molecule has 3 nitrogen and oxygen atoms in total. The quantitative estimate of drug-likeness (QED) is 0.516. The number of carbonyl (C=O) groups is 1. The van der Waals surface area contributed by atoms with Crippen LogP contribution >= 0.6 is 0 Å². The Morgan fingerprint density at radius 3 is 2.19 bits per heavy atom. The Morgan fingerprint density at radius 1 is 1.05 bits per heavy atom. The Labute approximate surface area is 151 Å². The van der Waals surface area contributed by atoms with Crippen LogP contribution in [0, 0.1) is 6.07 Å². The maximum atomic E-state index is 11.8. The summed E-state index contributed by atoms with van der Waals surface area (Å²) in [6.07, 6.45) is 0.205. The van der Waals surface area contributed by atoms with Gasteiger partial charge in [-0.2, -0.15) is 30.3 Å². The average Bonchev–Trinajstić information content (AvgIpc) is 2.51. The molecule has 0 saturated carbocycles. The molecule has 0 atom stereocenters. The first kappa shape index (κ1) is 20.0. The molecule has 2 aromatic rings. The molecule has 0 aliphatic carbocycles. The summed E-state index contributed by atoms with van der Waals surface area (Å²) in [4.78, 5) is 11.8. The van der Waals surface area contributed by atoms with Crippen molar-refractivity contribution in [2.75, 3.05) is 0 Å². The molecule has 0 aromatic heterocycles. The van der Waals surface area contributed by atoms with Crippen molar-refractivity contribution in [1.29, 1.82) is 0 Å². The zero-order valence-electron chi connectivity index (χ0n) is 12.5. The standard InChI is InChI=1S/C15H14NO2.C2H6.Y/c17-15(11-13-7-3-1-4-8-13)16(18)12-14-9-5-2-6-10-14;1-2;/h1,3-10,18H,11-12H2;1-2H3;/q-1;;. The number of rotatable bonds is 4. The van der Waals surface area contributed by atoms with E-state index in [-0.39, 0.29) is 51.6 Å². The topological polar surface area (TPSA) is 40.5 Å². The molecule has 0 spiro atoms. The van der Waals surface area contributed by atoms with Gasteiger partial charge in [0.2, 0.25) is 0 Å². The van der Waals surface area contributed by atoms with Crippen LogP contribution in [0.4, 0.5) is 0 Å². The van der Waals surface area contributed by atoms with Gasteiger partial charge in [-0.3, -0.25) is 10.0 Å². The van der Waals surface area contributed by atoms with E-state index < -0.39 is 0 Å². The molecule has 1 N–H and O–H groups in total. The van der Waals surface area contributed by atoms with Crippen molar-refractivity contribution in [2.45, 2.75) is 26.8 Å². The third-order valence-electron chi connectivity index (χ3n) is 2.61. The van der Waals surface area contributed by atoms with Crippen molar-refractivity contribution >= 4 is 5.91 Å². The van der Waals surface area contributed by atoms with Crippen molar-refractivity contribution in [2.24, 2.45) is 0 Å². The van der Waals surface area contributed by atoms with E-state index in [0.717, 1.165) is 16.2 Å². The van der Waals surface area contributed by atoms with Crippen LogP contribution in [0.15, 0.2) is 54.6 Å².